The molecule has 34 heavy (non-hydrogen) atoms. The Morgan fingerprint density at radius 1 is 1.00 bits per heavy atom. The first-order valence-electron chi connectivity index (χ1n) is 10.3. The zero-order chi connectivity index (χ0) is 25.3. The summed E-state index contributed by atoms with van der Waals surface area (Å²) < 4.78 is 24.3. The SMILES string of the molecule is CNC(=O)[C@@](C)(C(=O)NO)N(C)C(=O)c1ccc(C#Cc2ccc(CNCC(F)F)cc2)cc1. The van der Waals surface area contributed by atoms with Gasteiger partial charge in [0.15, 0.2) is 5.54 Å². The monoisotopic (exact) mass is 472 g/mol. The Balaban J connectivity index is 2.11. The van der Waals surface area contributed by atoms with Crippen LogP contribution in [0.25, 0.3) is 0 Å². The van der Waals surface area contributed by atoms with Crippen molar-refractivity contribution in [3.8, 4) is 11.8 Å². The van der Waals surface area contributed by atoms with Crippen molar-refractivity contribution in [1.29, 1.82) is 0 Å². The molecular weight excluding hydrogens is 446 g/mol. The van der Waals surface area contributed by atoms with Crippen LogP contribution in [0, 0.1) is 11.8 Å². The van der Waals surface area contributed by atoms with Crippen molar-refractivity contribution < 1.29 is 28.4 Å². The van der Waals surface area contributed by atoms with Gasteiger partial charge in [0.2, 0.25) is 0 Å². The molecule has 0 bridgehead atoms. The van der Waals surface area contributed by atoms with E-state index in [1.807, 2.05) is 0 Å². The summed E-state index contributed by atoms with van der Waals surface area (Å²) in [6, 6.07) is 13.4. The number of nitrogens with one attached hydrogen (secondary N) is 3. The minimum Gasteiger partial charge on any atom is -0.357 e. The number of amides is 3. The van der Waals surface area contributed by atoms with Crippen LogP contribution in [-0.2, 0) is 16.1 Å². The molecular formula is C24H26F2N4O4. The van der Waals surface area contributed by atoms with E-state index in [9.17, 15) is 23.2 Å². The maximum Gasteiger partial charge on any atom is 0.278 e. The van der Waals surface area contributed by atoms with Gasteiger partial charge >= 0.3 is 0 Å². The molecule has 0 spiro atoms. The van der Waals surface area contributed by atoms with Crippen LogP contribution in [0.15, 0.2) is 48.5 Å². The summed E-state index contributed by atoms with van der Waals surface area (Å²) in [6.45, 7) is 1.19. The number of likely N-dealkylation sites (N-methyl/N-ethyl adjacent to an activating group) is 2. The van der Waals surface area contributed by atoms with E-state index in [1.54, 1.807) is 36.4 Å². The number of hydroxylamine groups is 1. The van der Waals surface area contributed by atoms with Gasteiger partial charge in [0.1, 0.15) is 0 Å². The fourth-order valence-electron chi connectivity index (χ4n) is 3.03. The van der Waals surface area contributed by atoms with E-state index < -0.39 is 29.7 Å². The molecule has 0 aliphatic heterocycles. The molecule has 0 saturated heterocycles. The highest BCUT2D eigenvalue weighted by Gasteiger charge is 2.47. The van der Waals surface area contributed by atoms with Crippen molar-refractivity contribution in [3.05, 3.63) is 70.8 Å². The number of carbonyl (C=O) groups is 3. The maximum absolute atomic E-state index is 12.9. The fraction of sp³-hybridized carbons (Fsp3) is 0.292. The number of benzene rings is 2. The number of carbonyl (C=O) groups excluding carboxylic acids is 3. The average Bonchev–Trinajstić information content (AvgIpc) is 2.85. The lowest BCUT2D eigenvalue weighted by molar-refractivity contribution is -0.148. The van der Waals surface area contributed by atoms with Crippen molar-refractivity contribution in [1.82, 2.24) is 21.0 Å². The molecule has 4 N–H and O–H groups in total. The fourth-order valence-corrected chi connectivity index (χ4v) is 3.03. The topological polar surface area (TPSA) is 111 Å². The average molecular weight is 472 g/mol. The van der Waals surface area contributed by atoms with E-state index >= 15 is 0 Å². The van der Waals surface area contributed by atoms with Crippen LogP contribution in [0.3, 0.4) is 0 Å². The van der Waals surface area contributed by atoms with Gasteiger partial charge in [-0.05, 0) is 48.9 Å². The Bertz CT molecular complexity index is 1060. The van der Waals surface area contributed by atoms with Crippen molar-refractivity contribution in [2.45, 2.75) is 25.4 Å². The highest BCUT2D eigenvalue weighted by atomic mass is 19.3. The lowest BCUT2D eigenvalue weighted by Crippen LogP contribution is -2.64. The lowest BCUT2D eigenvalue weighted by atomic mass is 9.96. The maximum atomic E-state index is 12.9. The Labute approximate surface area is 196 Å². The Hall–Kier alpha value is -3.81. The number of nitrogens with zero attached hydrogens (tertiary/aromatic N) is 1. The highest BCUT2D eigenvalue weighted by Crippen LogP contribution is 2.18. The van der Waals surface area contributed by atoms with Gasteiger partial charge in [-0.2, -0.15) is 0 Å². The zero-order valence-corrected chi connectivity index (χ0v) is 19.0. The Morgan fingerprint density at radius 2 is 1.53 bits per heavy atom. The predicted molar refractivity (Wildman–Crippen MR) is 121 cm³/mol. The van der Waals surface area contributed by atoms with Crippen molar-refractivity contribution >= 4 is 17.7 Å². The molecule has 3 amide bonds. The molecule has 180 valence electrons. The molecule has 1 atom stereocenters. The second-order valence-electron chi connectivity index (χ2n) is 7.50. The van der Waals surface area contributed by atoms with Crippen LogP contribution in [0.2, 0.25) is 0 Å². The zero-order valence-electron chi connectivity index (χ0n) is 19.0. The predicted octanol–water partition coefficient (Wildman–Crippen LogP) is 1.52. The van der Waals surface area contributed by atoms with E-state index in [-0.39, 0.29) is 12.1 Å². The summed E-state index contributed by atoms with van der Waals surface area (Å²) in [5.74, 6) is 3.52. The lowest BCUT2D eigenvalue weighted by Gasteiger charge is -2.34. The number of hydrogen-bond acceptors (Lipinski definition) is 5. The second kappa shape index (κ2) is 11.9. The molecule has 2 rings (SSSR count). The van der Waals surface area contributed by atoms with E-state index in [4.69, 9.17) is 5.21 Å². The van der Waals surface area contributed by atoms with Gasteiger partial charge in [-0.25, -0.2) is 14.3 Å². The molecule has 0 radical (unpaired) electrons. The minimum atomic E-state index is -2.40. The molecule has 8 nitrogen and oxygen atoms in total. The summed E-state index contributed by atoms with van der Waals surface area (Å²) in [5.41, 5.74) is 1.88. The molecule has 2 aromatic carbocycles. The Kier molecular flexibility index (Phi) is 9.24. The normalized spacial score (nSPS) is 12.2. The highest BCUT2D eigenvalue weighted by molar-refractivity contribution is 6.12. The molecule has 2 aromatic rings. The first kappa shape index (κ1) is 26.4. The van der Waals surface area contributed by atoms with Crippen LogP contribution in [0.5, 0.6) is 0 Å². The van der Waals surface area contributed by atoms with Crippen LogP contribution in [0.1, 0.15) is 34.0 Å². The van der Waals surface area contributed by atoms with Crippen LogP contribution in [-0.4, -0.2) is 60.4 Å². The minimum absolute atomic E-state index is 0.217. The van der Waals surface area contributed by atoms with Gasteiger partial charge in [0.05, 0.1) is 6.54 Å². The molecule has 0 saturated carbocycles. The van der Waals surface area contributed by atoms with Gasteiger partial charge in [0.25, 0.3) is 24.1 Å². The summed E-state index contributed by atoms with van der Waals surface area (Å²) in [6.07, 6.45) is -2.40. The molecule has 0 fully saturated rings. The molecule has 0 heterocycles. The van der Waals surface area contributed by atoms with Crippen molar-refractivity contribution in [2.75, 3.05) is 20.6 Å². The van der Waals surface area contributed by atoms with Gasteiger partial charge in [-0.3, -0.25) is 19.6 Å². The number of halogens is 2. The van der Waals surface area contributed by atoms with Crippen LogP contribution >= 0.6 is 0 Å². The summed E-state index contributed by atoms with van der Waals surface area (Å²) >= 11 is 0. The van der Waals surface area contributed by atoms with E-state index in [1.165, 1.54) is 38.6 Å². The molecule has 0 aliphatic carbocycles. The molecule has 0 aliphatic rings. The number of hydrogen-bond donors (Lipinski definition) is 4. The first-order valence-corrected chi connectivity index (χ1v) is 10.3. The summed E-state index contributed by atoms with van der Waals surface area (Å²) in [7, 11) is 2.60. The first-order chi connectivity index (χ1) is 16.1. The van der Waals surface area contributed by atoms with Gasteiger partial charge in [-0.15, -0.1) is 0 Å². The second-order valence-corrected chi connectivity index (χ2v) is 7.50. The van der Waals surface area contributed by atoms with Gasteiger partial charge in [0, 0.05) is 37.3 Å². The molecule has 0 aromatic heterocycles. The van der Waals surface area contributed by atoms with E-state index in [2.05, 4.69) is 22.5 Å². The smallest absolute Gasteiger partial charge is 0.278 e. The van der Waals surface area contributed by atoms with Crippen molar-refractivity contribution in [2.24, 2.45) is 0 Å². The summed E-state index contributed by atoms with van der Waals surface area (Å²) in [4.78, 5) is 38.2. The third-order valence-corrected chi connectivity index (χ3v) is 5.25. The molecule has 0 unspecified atom stereocenters. The van der Waals surface area contributed by atoms with Crippen LogP contribution < -0.4 is 16.1 Å². The molecule has 10 heteroatoms. The van der Waals surface area contributed by atoms with Crippen molar-refractivity contribution in [3.63, 3.8) is 0 Å². The van der Waals surface area contributed by atoms with Gasteiger partial charge in [-0.1, -0.05) is 24.0 Å². The Morgan fingerprint density at radius 3 is 2.00 bits per heavy atom. The summed E-state index contributed by atoms with van der Waals surface area (Å²) in [5, 5.41) is 14.0. The van der Waals surface area contributed by atoms with Gasteiger partial charge < -0.3 is 15.5 Å². The number of alkyl halides is 2. The number of rotatable bonds is 8. The third-order valence-electron chi connectivity index (χ3n) is 5.25. The standard InChI is InChI=1S/C24H26F2N4O4/c1-24(22(32)27-2,23(33)29-34)30(3)21(31)19-12-10-17(11-13-19)5-4-16-6-8-18(9-7-16)14-28-15-20(25)26/h6-13,20,28,34H,14-15H2,1-3H3,(H,27,32)(H,29,33)/t24-/m0/s1. The third kappa shape index (κ3) is 6.37. The van der Waals surface area contributed by atoms with Crippen LogP contribution in [0.4, 0.5) is 8.78 Å². The van der Waals surface area contributed by atoms with E-state index in [0.29, 0.717) is 12.1 Å². The largest absolute Gasteiger partial charge is 0.357 e. The quantitative estimate of drug-likeness (QED) is 0.202. The van der Waals surface area contributed by atoms with E-state index in [0.717, 1.165) is 16.0 Å².